The van der Waals surface area contributed by atoms with Crippen LogP contribution in [0.4, 0.5) is 0 Å². The molecular weight excluding hydrogens is 279 g/mol. The predicted octanol–water partition coefficient (Wildman–Crippen LogP) is 2.69. The Labute approximate surface area is 115 Å². The molecule has 0 saturated heterocycles. The molecule has 5 heteroatoms. The smallest absolute Gasteiger partial charge is 0.266 e. The van der Waals surface area contributed by atoms with Crippen molar-refractivity contribution in [3.05, 3.63) is 71.8 Å². The summed E-state index contributed by atoms with van der Waals surface area (Å²) in [5.74, 6) is -0.376. The van der Waals surface area contributed by atoms with Crippen molar-refractivity contribution in [2.75, 3.05) is 5.75 Å². The van der Waals surface area contributed by atoms with E-state index >= 15 is 0 Å². The zero-order chi connectivity index (χ0) is 13.9. The van der Waals surface area contributed by atoms with Crippen molar-refractivity contribution >= 4 is 19.4 Å². The van der Waals surface area contributed by atoms with Crippen LogP contribution in [-0.2, 0) is 15.3 Å². The van der Waals surface area contributed by atoms with E-state index in [1.54, 1.807) is 0 Å². The van der Waals surface area contributed by atoms with E-state index in [1.807, 2.05) is 60.7 Å². The van der Waals surface area contributed by atoms with Gasteiger partial charge in [-0.25, -0.2) is 0 Å². The molecule has 100 valence electrons. The minimum absolute atomic E-state index is 0.376. The van der Waals surface area contributed by atoms with E-state index in [-0.39, 0.29) is 5.75 Å². The molecule has 0 saturated carbocycles. The Bertz CT molecular complexity index is 599. The zero-order valence-electron chi connectivity index (χ0n) is 10.2. The number of benzene rings is 2. The Kier molecular flexibility index (Phi) is 4.04. The maximum atomic E-state index is 11.3. The van der Waals surface area contributed by atoms with Gasteiger partial charge in [0.15, 0.2) is 0 Å². The first kappa shape index (κ1) is 14.2. The third kappa shape index (κ3) is 3.41. The molecule has 0 spiro atoms. The summed E-state index contributed by atoms with van der Waals surface area (Å²) in [6.07, 6.45) is 0. The van der Waals surface area contributed by atoms with Gasteiger partial charge in [0.2, 0.25) is 0 Å². The summed E-state index contributed by atoms with van der Waals surface area (Å²) >= 11 is 0. The molecule has 1 atom stereocenters. The molecule has 1 unspecified atom stereocenters. The minimum atomic E-state index is -4.10. The highest BCUT2D eigenvalue weighted by Gasteiger charge is 2.33. The largest absolute Gasteiger partial charge is 0.285 e. The van der Waals surface area contributed by atoms with Crippen LogP contribution in [0.1, 0.15) is 11.1 Å². The van der Waals surface area contributed by atoms with Crippen molar-refractivity contribution in [2.24, 2.45) is 0 Å². The quantitative estimate of drug-likeness (QED) is 0.697. The molecular formula is C14H15O3PS. The summed E-state index contributed by atoms with van der Waals surface area (Å²) in [6.45, 7) is 0. The third-order valence-corrected chi connectivity index (χ3v) is 4.97. The molecule has 0 aromatic heterocycles. The lowest BCUT2D eigenvalue weighted by Gasteiger charge is -2.29. The van der Waals surface area contributed by atoms with E-state index in [1.165, 1.54) is 0 Å². The fourth-order valence-corrected chi connectivity index (χ4v) is 4.02. The van der Waals surface area contributed by atoms with Gasteiger partial charge in [-0.1, -0.05) is 60.7 Å². The van der Waals surface area contributed by atoms with Crippen LogP contribution in [0.3, 0.4) is 0 Å². The van der Waals surface area contributed by atoms with Crippen LogP contribution in [-0.4, -0.2) is 18.7 Å². The van der Waals surface area contributed by atoms with Gasteiger partial charge < -0.3 is 0 Å². The predicted molar refractivity (Wildman–Crippen MR) is 79.8 cm³/mol. The van der Waals surface area contributed by atoms with Crippen LogP contribution >= 0.6 is 9.24 Å². The Hall–Kier alpha value is -1.22. The van der Waals surface area contributed by atoms with Crippen molar-refractivity contribution in [2.45, 2.75) is 5.16 Å². The maximum absolute atomic E-state index is 11.3. The van der Waals surface area contributed by atoms with Gasteiger partial charge in [-0.3, -0.25) is 4.55 Å². The molecule has 2 aromatic rings. The van der Waals surface area contributed by atoms with Crippen molar-refractivity contribution in [1.29, 1.82) is 0 Å². The van der Waals surface area contributed by atoms with Gasteiger partial charge in [0.05, 0.1) is 10.9 Å². The average Bonchev–Trinajstić information content (AvgIpc) is 2.39. The van der Waals surface area contributed by atoms with Crippen molar-refractivity contribution in [3.8, 4) is 0 Å². The third-order valence-electron chi connectivity index (χ3n) is 2.99. The highest BCUT2D eigenvalue weighted by Crippen LogP contribution is 2.39. The van der Waals surface area contributed by atoms with E-state index in [0.29, 0.717) is 0 Å². The van der Waals surface area contributed by atoms with Crippen LogP contribution in [0.5, 0.6) is 0 Å². The Morgan fingerprint density at radius 2 is 1.26 bits per heavy atom. The summed E-state index contributed by atoms with van der Waals surface area (Å²) in [4.78, 5) is 0. The Morgan fingerprint density at radius 3 is 1.58 bits per heavy atom. The topological polar surface area (TPSA) is 54.4 Å². The van der Waals surface area contributed by atoms with Crippen LogP contribution in [0.2, 0.25) is 0 Å². The summed E-state index contributed by atoms with van der Waals surface area (Å²) < 4.78 is 31.9. The molecule has 0 heterocycles. The standard InChI is InChI=1S/C14H15O3PS/c15-19(16,17)11-14(18,12-7-3-1-4-8-12)13-9-5-2-6-10-13/h1-10H,11,18H2,(H,15,16,17). The Balaban J connectivity index is 2.57. The lowest BCUT2D eigenvalue weighted by Crippen LogP contribution is -2.29. The monoisotopic (exact) mass is 294 g/mol. The molecule has 2 aromatic carbocycles. The van der Waals surface area contributed by atoms with Crippen LogP contribution in [0, 0.1) is 0 Å². The summed E-state index contributed by atoms with van der Waals surface area (Å²) in [5, 5.41) is -0.851. The number of rotatable bonds is 4. The first-order chi connectivity index (χ1) is 8.92. The summed E-state index contributed by atoms with van der Waals surface area (Å²) in [5.41, 5.74) is 1.65. The maximum Gasteiger partial charge on any atom is 0.266 e. The number of hydrogen-bond donors (Lipinski definition) is 1. The second kappa shape index (κ2) is 5.41. The SMILES string of the molecule is O=S(=O)(O)CC(P)(c1ccccc1)c1ccccc1. The van der Waals surface area contributed by atoms with Gasteiger partial charge in [0, 0.05) is 0 Å². The van der Waals surface area contributed by atoms with Gasteiger partial charge in [-0.15, -0.1) is 9.24 Å². The van der Waals surface area contributed by atoms with Crippen LogP contribution in [0.15, 0.2) is 60.7 Å². The van der Waals surface area contributed by atoms with Gasteiger partial charge >= 0.3 is 0 Å². The first-order valence-electron chi connectivity index (χ1n) is 5.77. The molecule has 3 nitrogen and oxygen atoms in total. The highest BCUT2D eigenvalue weighted by atomic mass is 32.2. The minimum Gasteiger partial charge on any atom is -0.285 e. The number of hydrogen-bond acceptors (Lipinski definition) is 2. The lowest BCUT2D eigenvalue weighted by molar-refractivity contribution is 0.477. The van der Waals surface area contributed by atoms with E-state index in [4.69, 9.17) is 0 Å². The molecule has 0 aliphatic rings. The van der Waals surface area contributed by atoms with Crippen molar-refractivity contribution < 1.29 is 13.0 Å². The normalized spacial score (nSPS) is 12.3. The molecule has 0 aliphatic carbocycles. The second-order valence-electron chi connectivity index (χ2n) is 4.43. The van der Waals surface area contributed by atoms with Crippen LogP contribution in [0.25, 0.3) is 0 Å². The van der Waals surface area contributed by atoms with E-state index in [0.717, 1.165) is 11.1 Å². The molecule has 0 aliphatic heterocycles. The van der Waals surface area contributed by atoms with E-state index in [2.05, 4.69) is 9.24 Å². The second-order valence-corrected chi connectivity index (χ2v) is 6.87. The first-order valence-corrected chi connectivity index (χ1v) is 7.95. The molecule has 19 heavy (non-hydrogen) atoms. The molecule has 0 bridgehead atoms. The summed E-state index contributed by atoms with van der Waals surface area (Å²) in [6, 6.07) is 18.5. The Morgan fingerprint density at radius 1 is 0.895 bits per heavy atom. The van der Waals surface area contributed by atoms with Crippen LogP contribution < -0.4 is 0 Å². The van der Waals surface area contributed by atoms with Gasteiger partial charge in [-0.05, 0) is 11.1 Å². The highest BCUT2D eigenvalue weighted by molar-refractivity contribution is 7.86. The fourth-order valence-electron chi connectivity index (χ4n) is 2.09. The molecule has 0 radical (unpaired) electrons. The summed E-state index contributed by atoms with van der Waals surface area (Å²) in [7, 11) is -1.53. The lowest BCUT2D eigenvalue weighted by atomic mass is 9.92. The molecule has 0 fully saturated rings. The van der Waals surface area contributed by atoms with E-state index < -0.39 is 15.3 Å². The molecule has 2 rings (SSSR count). The molecule has 0 amide bonds. The van der Waals surface area contributed by atoms with Gasteiger partial charge in [-0.2, -0.15) is 8.42 Å². The van der Waals surface area contributed by atoms with Crippen molar-refractivity contribution in [3.63, 3.8) is 0 Å². The van der Waals surface area contributed by atoms with Gasteiger partial charge in [0.25, 0.3) is 10.1 Å². The average molecular weight is 294 g/mol. The zero-order valence-corrected chi connectivity index (χ0v) is 12.2. The van der Waals surface area contributed by atoms with E-state index in [9.17, 15) is 13.0 Å². The fraction of sp³-hybridized carbons (Fsp3) is 0.143. The van der Waals surface area contributed by atoms with Gasteiger partial charge in [0.1, 0.15) is 0 Å². The molecule has 1 N–H and O–H groups in total. The van der Waals surface area contributed by atoms with Crippen molar-refractivity contribution in [1.82, 2.24) is 0 Å².